The molecule has 0 aliphatic carbocycles. The second kappa shape index (κ2) is 4.75. The summed E-state index contributed by atoms with van der Waals surface area (Å²) < 4.78 is 38.3. The second-order valence-corrected chi connectivity index (χ2v) is 5.49. The van der Waals surface area contributed by atoms with Gasteiger partial charge in [-0.25, -0.2) is 12.8 Å². The molecular weight excluding hydrogens is 251 g/mol. The summed E-state index contributed by atoms with van der Waals surface area (Å²) in [6.45, 7) is 1.48. The van der Waals surface area contributed by atoms with Crippen LogP contribution in [0.2, 0.25) is 0 Å². The molecule has 1 rings (SSSR count). The van der Waals surface area contributed by atoms with Gasteiger partial charge >= 0.3 is 0 Å². The van der Waals surface area contributed by atoms with Gasteiger partial charge in [0.25, 0.3) is 0 Å². The minimum Gasteiger partial charge on any atom is -0.392 e. The Morgan fingerprint density at radius 3 is 2.75 bits per heavy atom. The van der Waals surface area contributed by atoms with E-state index in [4.69, 9.17) is 5.73 Å². The zero-order chi connectivity index (χ0) is 12.3. The SMILES string of the molecule is Cc1c(F)cccc1NS(=O)(=O)CC(N)=S. The fourth-order valence-corrected chi connectivity index (χ4v) is 2.58. The lowest BCUT2D eigenvalue weighted by Crippen LogP contribution is -2.26. The van der Waals surface area contributed by atoms with E-state index >= 15 is 0 Å². The molecule has 0 saturated carbocycles. The molecule has 16 heavy (non-hydrogen) atoms. The van der Waals surface area contributed by atoms with Crippen molar-refractivity contribution in [2.45, 2.75) is 6.92 Å². The molecule has 4 nitrogen and oxygen atoms in total. The van der Waals surface area contributed by atoms with Crippen molar-refractivity contribution in [2.75, 3.05) is 10.5 Å². The van der Waals surface area contributed by atoms with E-state index in [2.05, 4.69) is 16.9 Å². The van der Waals surface area contributed by atoms with E-state index in [9.17, 15) is 12.8 Å². The average Bonchev–Trinajstić information content (AvgIpc) is 2.10. The molecule has 0 amide bonds. The second-order valence-electron chi connectivity index (χ2n) is 3.24. The largest absolute Gasteiger partial charge is 0.392 e. The minimum atomic E-state index is -3.66. The maximum atomic E-state index is 13.1. The van der Waals surface area contributed by atoms with Gasteiger partial charge in [-0.15, -0.1) is 0 Å². The van der Waals surface area contributed by atoms with Crippen LogP contribution in [0.3, 0.4) is 0 Å². The number of rotatable bonds is 4. The summed E-state index contributed by atoms with van der Waals surface area (Å²) in [6.07, 6.45) is 0. The summed E-state index contributed by atoms with van der Waals surface area (Å²) in [5, 5.41) is 0. The first-order valence-electron chi connectivity index (χ1n) is 4.36. The Morgan fingerprint density at radius 1 is 1.56 bits per heavy atom. The predicted octanol–water partition coefficient (Wildman–Crippen LogP) is 1.16. The molecule has 0 aliphatic heterocycles. The van der Waals surface area contributed by atoms with Crippen molar-refractivity contribution in [3.05, 3.63) is 29.6 Å². The molecule has 0 aromatic heterocycles. The van der Waals surface area contributed by atoms with Crippen molar-refractivity contribution in [2.24, 2.45) is 5.73 Å². The lowest BCUT2D eigenvalue weighted by Gasteiger charge is -2.10. The molecule has 7 heteroatoms. The van der Waals surface area contributed by atoms with Gasteiger partial charge in [0.1, 0.15) is 11.6 Å². The Morgan fingerprint density at radius 2 is 2.19 bits per heavy atom. The number of sulfonamides is 1. The minimum absolute atomic E-state index is 0.137. The summed E-state index contributed by atoms with van der Waals surface area (Å²) in [6, 6.07) is 4.14. The van der Waals surface area contributed by atoms with Crippen LogP contribution in [0.4, 0.5) is 10.1 Å². The van der Waals surface area contributed by atoms with Gasteiger partial charge in [0.15, 0.2) is 0 Å². The van der Waals surface area contributed by atoms with Crippen LogP contribution in [0.25, 0.3) is 0 Å². The normalized spacial score (nSPS) is 11.1. The van der Waals surface area contributed by atoms with E-state index in [0.717, 1.165) is 0 Å². The van der Waals surface area contributed by atoms with Crippen molar-refractivity contribution in [1.82, 2.24) is 0 Å². The molecule has 0 atom stereocenters. The number of hydrogen-bond donors (Lipinski definition) is 2. The van der Waals surface area contributed by atoms with Crippen LogP contribution in [0.15, 0.2) is 18.2 Å². The smallest absolute Gasteiger partial charge is 0.239 e. The maximum absolute atomic E-state index is 13.1. The Hall–Kier alpha value is -1.21. The summed E-state index contributed by atoms with van der Waals surface area (Å²) in [5.41, 5.74) is 5.56. The van der Waals surface area contributed by atoms with Crippen molar-refractivity contribution in [3.63, 3.8) is 0 Å². The van der Waals surface area contributed by atoms with Crippen LogP contribution in [0, 0.1) is 12.7 Å². The molecule has 1 aromatic carbocycles. The first-order valence-corrected chi connectivity index (χ1v) is 6.42. The highest BCUT2D eigenvalue weighted by Gasteiger charge is 2.14. The van der Waals surface area contributed by atoms with Crippen LogP contribution in [-0.4, -0.2) is 19.2 Å². The quantitative estimate of drug-likeness (QED) is 0.799. The Labute approximate surface area is 98.7 Å². The van der Waals surface area contributed by atoms with Crippen LogP contribution in [0.5, 0.6) is 0 Å². The van der Waals surface area contributed by atoms with Crippen molar-refractivity contribution < 1.29 is 12.8 Å². The van der Waals surface area contributed by atoms with E-state index in [0.29, 0.717) is 0 Å². The topological polar surface area (TPSA) is 72.2 Å². The molecule has 0 heterocycles. The van der Waals surface area contributed by atoms with Crippen LogP contribution in [0.1, 0.15) is 5.56 Å². The molecule has 88 valence electrons. The Bertz CT molecular complexity index is 514. The number of nitrogens with two attached hydrogens (primary N) is 1. The highest BCUT2D eigenvalue weighted by atomic mass is 32.2. The third-order valence-electron chi connectivity index (χ3n) is 1.87. The lowest BCUT2D eigenvalue weighted by molar-refractivity contribution is 0.604. The van der Waals surface area contributed by atoms with E-state index in [1.54, 1.807) is 0 Å². The van der Waals surface area contributed by atoms with E-state index < -0.39 is 21.6 Å². The van der Waals surface area contributed by atoms with Crippen LogP contribution in [-0.2, 0) is 10.0 Å². The van der Waals surface area contributed by atoms with Gasteiger partial charge in [-0.2, -0.15) is 0 Å². The first-order chi connectivity index (χ1) is 7.32. The van der Waals surface area contributed by atoms with Crippen molar-refractivity contribution in [1.29, 1.82) is 0 Å². The fraction of sp³-hybridized carbons (Fsp3) is 0.222. The third kappa shape index (κ3) is 3.42. The third-order valence-corrected chi connectivity index (χ3v) is 3.41. The lowest BCUT2D eigenvalue weighted by atomic mass is 10.2. The molecule has 0 unspecified atom stereocenters. The van der Waals surface area contributed by atoms with Crippen molar-refractivity contribution >= 4 is 32.9 Å². The fourth-order valence-electron chi connectivity index (χ4n) is 1.11. The predicted molar refractivity (Wildman–Crippen MR) is 65.3 cm³/mol. The van der Waals surface area contributed by atoms with Gasteiger partial charge in [0.05, 0.1) is 10.7 Å². The number of halogens is 1. The van der Waals surface area contributed by atoms with E-state index in [-0.39, 0.29) is 16.2 Å². The number of hydrogen-bond acceptors (Lipinski definition) is 3. The zero-order valence-corrected chi connectivity index (χ0v) is 10.2. The number of thiocarbonyl (C=S) groups is 1. The van der Waals surface area contributed by atoms with Crippen LogP contribution >= 0.6 is 12.2 Å². The molecule has 0 radical (unpaired) electrons. The first kappa shape index (κ1) is 12.9. The molecule has 3 N–H and O–H groups in total. The van der Waals surface area contributed by atoms with Gasteiger partial charge in [-0.1, -0.05) is 18.3 Å². The number of nitrogens with one attached hydrogen (secondary N) is 1. The molecule has 0 spiro atoms. The van der Waals surface area contributed by atoms with Gasteiger partial charge in [0, 0.05) is 5.56 Å². The number of anilines is 1. The molecule has 0 saturated heterocycles. The van der Waals surface area contributed by atoms with Gasteiger partial charge in [-0.3, -0.25) is 4.72 Å². The van der Waals surface area contributed by atoms with Crippen molar-refractivity contribution in [3.8, 4) is 0 Å². The standard InChI is InChI=1S/C9H11FN2O2S2/c1-6-7(10)3-2-4-8(6)12-16(13,14)5-9(11)15/h2-4,12H,5H2,1H3,(H2,11,15). The van der Waals surface area contributed by atoms with Gasteiger partial charge in [-0.05, 0) is 19.1 Å². The average molecular weight is 262 g/mol. The monoisotopic (exact) mass is 262 g/mol. The Balaban J connectivity index is 2.97. The Kier molecular flexibility index (Phi) is 3.82. The van der Waals surface area contributed by atoms with Crippen LogP contribution < -0.4 is 10.5 Å². The molecule has 1 aromatic rings. The molecular formula is C9H11FN2O2S2. The molecule has 0 bridgehead atoms. The zero-order valence-electron chi connectivity index (χ0n) is 8.53. The number of benzene rings is 1. The molecule has 0 aliphatic rings. The van der Waals surface area contributed by atoms with Gasteiger partial charge in [0.2, 0.25) is 10.0 Å². The highest BCUT2D eigenvalue weighted by molar-refractivity contribution is 7.95. The maximum Gasteiger partial charge on any atom is 0.239 e. The van der Waals surface area contributed by atoms with Gasteiger partial charge < -0.3 is 5.73 Å². The summed E-state index contributed by atoms with van der Waals surface area (Å²) in [5.74, 6) is -0.936. The highest BCUT2D eigenvalue weighted by Crippen LogP contribution is 2.18. The summed E-state index contributed by atoms with van der Waals surface area (Å²) >= 11 is 4.50. The van der Waals surface area contributed by atoms with E-state index in [1.807, 2.05) is 0 Å². The summed E-state index contributed by atoms with van der Waals surface area (Å²) in [7, 11) is -3.66. The summed E-state index contributed by atoms with van der Waals surface area (Å²) in [4.78, 5) is -0.137. The van der Waals surface area contributed by atoms with E-state index in [1.165, 1.54) is 25.1 Å². The molecule has 0 fully saturated rings.